The van der Waals surface area contributed by atoms with Crippen molar-refractivity contribution in [2.24, 2.45) is 0 Å². The van der Waals surface area contributed by atoms with Gasteiger partial charge in [0, 0.05) is 24.5 Å². The number of carbonyl (C=O) groups excluding carboxylic acids is 1. The minimum absolute atomic E-state index is 0.266. The van der Waals surface area contributed by atoms with E-state index in [2.05, 4.69) is 10.2 Å². The van der Waals surface area contributed by atoms with E-state index in [9.17, 15) is 9.90 Å². The highest BCUT2D eigenvalue weighted by molar-refractivity contribution is 5.85. The molecule has 1 aromatic rings. The molecule has 1 heterocycles. The van der Waals surface area contributed by atoms with Gasteiger partial charge in [0.05, 0.1) is 6.10 Å². The van der Waals surface area contributed by atoms with Gasteiger partial charge in [0.25, 0.3) is 0 Å². The molecular weight excluding hydrogens is 256 g/mol. The maximum absolute atomic E-state index is 11.7. The van der Waals surface area contributed by atoms with Crippen molar-refractivity contribution in [1.29, 1.82) is 0 Å². The lowest BCUT2D eigenvalue weighted by Gasteiger charge is -2.21. The number of anilines is 2. The summed E-state index contributed by atoms with van der Waals surface area (Å²) in [5.41, 5.74) is 1.18. The number of hydrogen-bond donors (Lipinski definition) is 2. The van der Waals surface area contributed by atoms with Gasteiger partial charge in [-0.25, -0.2) is 4.79 Å². The molecule has 1 aliphatic rings. The fraction of sp³-hybridized carbons (Fsp3) is 0.533. The van der Waals surface area contributed by atoms with Gasteiger partial charge in [-0.15, -0.1) is 0 Å². The molecule has 1 atom stereocenters. The van der Waals surface area contributed by atoms with Crippen LogP contribution in [-0.2, 0) is 4.74 Å². The Bertz CT molecular complexity index is 482. The number of ether oxygens (including phenoxy) is 1. The molecule has 5 nitrogen and oxygen atoms in total. The Morgan fingerprint density at radius 2 is 2.20 bits per heavy atom. The number of β-amino-alcohol motifs (C(OH)–C–C–N with tert-alkyl or cyclic N) is 1. The summed E-state index contributed by atoms with van der Waals surface area (Å²) in [5, 5.41) is 12.3. The monoisotopic (exact) mass is 278 g/mol. The van der Waals surface area contributed by atoms with E-state index in [1.165, 1.54) is 0 Å². The van der Waals surface area contributed by atoms with Gasteiger partial charge in [0.1, 0.15) is 5.60 Å². The number of nitrogens with zero attached hydrogens (tertiary/aromatic N) is 1. The van der Waals surface area contributed by atoms with Crippen LogP contribution < -0.4 is 10.2 Å². The summed E-state index contributed by atoms with van der Waals surface area (Å²) in [6.07, 6.45) is 0.0533. The molecule has 1 unspecified atom stereocenters. The number of aliphatic hydroxyl groups excluding tert-OH is 1. The standard InChI is InChI=1S/C15H22N2O3/c1-15(2,3)20-14(19)16-11-5-4-6-12(9-11)17-8-7-13(18)10-17/h4-6,9,13,18H,7-8,10H2,1-3H3,(H,16,19). The SMILES string of the molecule is CC(C)(C)OC(=O)Nc1cccc(N2CCC(O)C2)c1. The summed E-state index contributed by atoms with van der Waals surface area (Å²) < 4.78 is 5.22. The average Bonchev–Trinajstić information content (AvgIpc) is 2.73. The Morgan fingerprint density at radius 3 is 2.80 bits per heavy atom. The van der Waals surface area contributed by atoms with E-state index >= 15 is 0 Å². The highest BCUT2D eigenvalue weighted by atomic mass is 16.6. The number of nitrogens with one attached hydrogen (secondary N) is 1. The summed E-state index contributed by atoms with van der Waals surface area (Å²) in [5.74, 6) is 0. The predicted molar refractivity (Wildman–Crippen MR) is 79.1 cm³/mol. The molecule has 0 radical (unpaired) electrons. The molecule has 5 heteroatoms. The zero-order valence-corrected chi connectivity index (χ0v) is 12.2. The molecule has 1 fully saturated rings. The zero-order valence-electron chi connectivity index (χ0n) is 12.2. The fourth-order valence-corrected chi connectivity index (χ4v) is 2.18. The van der Waals surface area contributed by atoms with Gasteiger partial charge in [-0.2, -0.15) is 0 Å². The lowest BCUT2D eigenvalue weighted by atomic mass is 10.2. The molecule has 0 saturated carbocycles. The van der Waals surface area contributed by atoms with Crippen LogP contribution in [-0.4, -0.2) is 36.0 Å². The smallest absolute Gasteiger partial charge is 0.412 e. The van der Waals surface area contributed by atoms with E-state index in [4.69, 9.17) is 4.74 Å². The molecule has 1 amide bonds. The van der Waals surface area contributed by atoms with Crippen LogP contribution in [0.5, 0.6) is 0 Å². The number of amides is 1. The van der Waals surface area contributed by atoms with E-state index in [0.29, 0.717) is 12.2 Å². The van der Waals surface area contributed by atoms with Gasteiger partial charge in [0.15, 0.2) is 0 Å². The molecule has 20 heavy (non-hydrogen) atoms. The second-order valence-corrected chi connectivity index (χ2v) is 6.07. The van der Waals surface area contributed by atoms with Gasteiger partial charge in [0.2, 0.25) is 0 Å². The van der Waals surface area contributed by atoms with Crippen LogP contribution >= 0.6 is 0 Å². The van der Waals surface area contributed by atoms with Crippen LogP contribution in [0.3, 0.4) is 0 Å². The van der Waals surface area contributed by atoms with E-state index in [-0.39, 0.29) is 6.10 Å². The molecule has 110 valence electrons. The maximum Gasteiger partial charge on any atom is 0.412 e. The first kappa shape index (κ1) is 14.7. The van der Waals surface area contributed by atoms with Gasteiger partial charge < -0.3 is 14.7 Å². The quantitative estimate of drug-likeness (QED) is 0.873. The van der Waals surface area contributed by atoms with E-state index in [1.807, 2.05) is 45.0 Å². The highest BCUT2D eigenvalue weighted by Crippen LogP contribution is 2.23. The van der Waals surface area contributed by atoms with E-state index in [1.54, 1.807) is 0 Å². The maximum atomic E-state index is 11.7. The zero-order chi connectivity index (χ0) is 14.8. The minimum Gasteiger partial charge on any atom is -0.444 e. The van der Waals surface area contributed by atoms with Crippen LogP contribution in [0.4, 0.5) is 16.2 Å². The van der Waals surface area contributed by atoms with Crippen molar-refractivity contribution in [3.63, 3.8) is 0 Å². The minimum atomic E-state index is -0.513. The van der Waals surface area contributed by atoms with Gasteiger partial charge in [-0.1, -0.05) is 6.07 Å². The van der Waals surface area contributed by atoms with Crippen molar-refractivity contribution in [3.8, 4) is 0 Å². The number of hydrogen-bond acceptors (Lipinski definition) is 4. The third-order valence-electron chi connectivity index (χ3n) is 3.02. The number of benzene rings is 1. The molecule has 2 rings (SSSR count). The molecule has 1 aromatic carbocycles. The van der Waals surface area contributed by atoms with Gasteiger partial charge in [-0.3, -0.25) is 5.32 Å². The number of carbonyl (C=O) groups is 1. The first-order chi connectivity index (χ1) is 9.33. The van der Waals surface area contributed by atoms with Crippen molar-refractivity contribution in [1.82, 2.24) is 0 Å². The second-order valence-electron chi connectivity index (χ2n) is 6.07. The summed E-state index contributed by atoms with van der Waals surface area (Å²) in [6.45, 7) is 6.95. The Kier molecular flexibility index (Phi) is 4.18. The van der Waals surface area contributed by atoms with Crippen molar-refractivity contribution in [3.05, 3.63) is 24.3 Å². The molecular formula is C15H22N2O3. The van der Waals surface area contributed by atoms with Crippen molar-refractivity contribution in [2.75, 3.05) is 23.3 Å². The number of aliphatic hydroxyl groups is 1. The normalized spacial score (nSPS) is 19.0. The third-order valence-corrected chi connectivity index (χ3v) is 3.02. The summed E-state index contributed by atoms with van der Waals surface area (Å²) >= 11 is 0. The topological polar surface area (TPSA) is 61.8 Å². The first-order valence-corrected chi connectivity index (χ1v) is 6.86. The van der Waals surface area contributed by atoms with E-state index < -0.39 is 11.7 Å². The molecule has 0 aliphatic carbocycles. The molecule has 1 saturated heterocycles. The van der Waals surface area contributed by atoms with Crippen LogP contribution in [0, 0.1) is 0 Å². The van der Waals surface area contributed by atoms with Crippen LogP contribution in [0.2, 0.25) is 0 Å². The van der Waals surface area contributed by atoms with Crippen molar-refractivity contribution < 1.29 is 14.6 Å². The summed E-state index contributed by atoms with van der Waals surface area (Å²) in [6, 6.07) is 7.56. The third kappa shape index (κ3) is 4.13. The second kappa shape index (κ2) is 5.71. The van der Waals surface area contributed by atoms with Crippen LogP contribution in [0.1, 0.15) is 27.2 Å². The largest absolute Gasteiger partial charge is 0.444 e. The molecule has 0 bridgehead atoms. The fourth-order valence-electron chi connectivity index (χ4n) is 2.18. The lowest BCUT2D eigenvalue weighted by Crippen LogP contribution is -2.27. The van der Waals surface area contributed by atoms with E-state index in [0.717, 1.165) is 18.7 Å². The van der Waals surface area contributed by atoms with Crippen LogP contribution in [0.15, 0.2) is 24.3 Å². The number of rotatable bonds is 2. The van der Waals surface area contributed by atoms with Crippen molar-refractivity contribution >= 4 is 17.5 Å². The van der Waals surface area contributed by atoms with Gasteiger partial charge >= 0.3 is 6.09 Å². The molecule has 2 N–H and O–H groups in total. The Hall–Kier alpha value is -1.75. The Balaban J connectivity index is 2.01. The lowest BCUT2D eigenvalue weighted by molar-refractivity contribution is 0.0636. The summed E-state index contributed by atoms with van der Waals surface area (Å²) in [7, 11) is 0. The molecule has 0 aromatic heterocycles. The Morgan fingerprint density at radius 1 is 1.45 bits per heavy atom. The van der Waals surface area contributed by atoms with Crippen LogP contribution in [0.25, 0.3) is 0 Å². The Labute approximate surface area is 119 Å². The predicted octanol–water partition coefficient (Wildman–Crippen LogP) is 2.60. The summed E-state index contributed by atoms with van der Waals surface area (Å²) in [4.78, 5) is 13.8. The van der Waals surface area contributed by atoms with Gasteiger partial charge in [-0.05, 0) is 45.4 Å². The molecule has 1 aliphatic heterocycles. The van der Waals surface area contributed by atoms with Crippen molar-refractivity contribution in [2.45, 2.75) is 38.9 Å². The average molecular weight is 278 g/mol. The molecule has 0 spiro atoms. The first-order valence-electron chi connectivity index (χ1n) is 6.86. The highest BCUT2D eigenvalue weighted by Gasteiger charge is 2.21.